The summed E-state index contributed by atoms with van der Waals surface area (Å²) in [6, 6.07) is 11.1. The first-order chi connectivity index (χ1) is 19.2. The van der Waals surface area contributed by atoms with Crippen LogP contribution in [0.1, 0.15) is 41.8 Å². The van der Waals surface area contributed by atoms with Gasteiger partial charge >= 0.3 is 6.36 Å². The van der Waals surface area contributed by atoms with E-state index < -0.39 is 6.36 Å². The number of nitrogens with zero attached hydrogens (tertiary/aromatic N) is 7. The van der Waals surface area contributed by atoms with Gasteiger partial charge in [0.25, 0.3) is 5.56 Å². The van der Waals surface area contributed by atoms with E-state index in [9.17, 15) is 18.0 Å². The maximum atomic E-state index is 13.5. The molecule has 40 heavy (non-hydrogen) atoms. The first-order valence-electron chi connectivity index (χ1n) is 12.5. The van der Waals surface area contributed by atoms with E-state index in [-0.39, 0.29) is 29.2 Å². The molecule has 3 aliphatic rings. The lowest BCUT2D eigenvalue weighted by atomic mass is 9.97. The lowest BCUT2D eigenvalue weighted by Gasteiger charge is -2.19. The summed E-state index contributed by atoms with van der Waals surface area (Å²) >= 11 is 6.29. The summed E-state index contributed by atoms with van der Waals surface area (Å²) in [5, 5.41) is 11.8. The van der Waals surface area contributed by atoms with Crippen LogP contribution in [0.5, 0.6) is 5.75 Å². The average Bonchev–Trinajstić information content (AvgIpc) is 3.26. The number of rotatable bonds is 5. The van der Waals surface area contributed by atoms with Crippen molar-refractivity contribution in [3.05, 3.63) is 87.3 Å². The number of hydrogen-bond acceptors (Lipinski definition) is 7. The van der Waals surface area contributed by atoms with Crippen LogP contribution < -0.4 is 10.3 Å². The van der Waals surface area contributed by atoms with Crippen molar-refractivity contribution in [1.29, 1.82) is 0 Å². The number of hydrogen-bond donors (Lipinski definition) is 0. The summed E-state index contributed by atoms with van der Waals surface area (Å²) in [4.78, 5) is 23.1. The molecule has 4 heterocycles. The quantitative estimate of drug-likeness (QED) is 0.326. The largest absolute Gasteiger partial charge is 0.573 e. The normalized spacial score (nSPS) is 21.1. The van der Waals surface area contributed by atoms with Crippen LogP contribution in [0.25, 0.3) is 22.5 Å². The fourth-order valence-corrected chi connectivity index (χ4v) is 5.83. The van der Waals surface area contributed by atoms with E-state index in [0.717, 1.165) is 17.7 Å². The Bertz CT molecular complexity index is 1800. The molecular weight excluding hydrogens is 547 g/mol. The minimum absolute atomic E-state index is 0.117. The summed E-state index contributed by atoms with van der Waals surface area (Å²) < 4.78 is 46.0. The van der Waals surface area contributed by atoms with Crippen molar-refractivity contribution in [3.63, 3.8) is 0 Å². The molecule has 0 amide bonds. The Morgan fingerprint density at radius 1 is 1.12 bits per heavy atom. The van der Waals surface area contributed by atoms with Crippen LogP contribution in [0.4, 0.5) is 13.2 Å². The highest BCUT2D eigenvalue weighted by atomic mass is 35.5. The second kappa shape index (κ2) is 8.85. The highest BCUT2D eigenvalue weighted by Crippen LogP contribution is 2.59. The lowest BCUT2D eigenvalue weighted by Crippen LogP contribution is -2.30. The number of aryl methyl sites for hydroxylation is 1. The Hall–Kier alpha value is -4.32. The summed E-state index contributed by atoms with van der Waals surface area (Å²) in [5.74, 6) is 0.740. The van der Waals surface area contributed by atoms with Gasteiger partial charge in [-0.25, -0.2) is 4.98 Å². The van der Waals surface area contributed by atoms with Crippen LogP contribution in [0, 0.1) is 12.8 Å². The molecule has 0 N–H and O–H groups in total. The van der Waals surface area contributed by atoms with Crippen molar-refractivity contribution < 1.29 is 17.9 Å². The van der Waals surface area contributed by atoms with Gasteiger partial charge in [0.05, 0.1) is 17.4 Å². The van der Waals surface area contributed by atoms with Crippen LogP contribution in [0.2, 0.25) is 5.02 Å². The monoisotopic (exact) mass is 565 g/mol. The number of aliphatic imine (C=N–C) groups is 1. The molecule has 0 bridgehead atoms. The van der Waals surface area contributed by atoms with E-state index in [1.807, 2.05) is 0 Å². The molecule has 0 saturated heterocycles. The molecule has 1 fully saturated rings. The van der Waals surface area contributed by atoms with Crippen molar-refractivity contribution >= 4 is 22.9 Å². The Morgan fingerprint density at radius 3 is 2.75 bits per heavy atom. The van der Waals surface area contributed by atoms with Gasteiger partial charge in [-0.15, -0.1) is 18.3 Å². The molecular formula is C27H19ClF3N7O2. The average molecular weight is 566 g/mol. The van der Waals surface area contributed by atoms with E-state index in [1.165, 1.54) is 23.1 Å². The molecule has 3 atom stereocenters. The Balaban J connectivity index is 1.19. The van der Waals surface area contributed by atoms with Crippen molar-refractivity contribution in [1.82, 2.24) is 29.8 Å². The minimum Gasteiger partial charge on any atom is -0.405 e. The molecule has 1 saturated carbocycles. The van der Waals surface area contributed by atoms with Crippen LogP contribution in [0.15, 0.2) is 64.8 Å². The standard InChI is InChI=1S/C27H19ClF3N7O2/c1-13-2-3-14(7-23(13)40-27(29,30)31)15-6-21(32-11-15)25-17-9-18(17)26-34-20(10-24(39)38(25)26)19-8-16(28)4-5-22(19)37-12-33-35-36-37/h2-5,7-8,10-12,17-18,25H,6,9H2,1H3. The van der Waals surface area contributed by atoms with Crippen molar-refractivity contribution in [3.8, 4) is 22.7 Å². The maximum Gasteiger partial charge on any atom is 0.573 e. The van der Waals surface area contributed by atoms with Crippen molar-refractivity contribution in [2.75, 3.05) is 0 Å². The molecule has 2 aromatic heterocycles. The maximum absolute atomic E-state index is 13.5. The zero-order chi connectivity index (χ0) is 27.8. The highest BCUT2D eigenvalue weighted by molar-refractivity contribution is 6.31. The number of allylic oxidation sites excluding steroid dienone is 1. The number of halogens is 4. The van der Waals surface area contributed by atoms with E-state index in [0.29, 0.717) is 45.3 Å². The fourth-order valence-electron chi connectivity index (χ4n) is 5.66. The van der Waals surface area contributed by atoms with Gasteiger partial charge < -0.3 is 4.74 Å². The van der Waals surface area contributed by atoms with E-state index in [2.05, 4.69) is 25.3 Å². The predicted molar refractivity (Wildman–Crippen MR) is 139 cm³/mol. The van der Waals surface area contributed by atoms with Crippen LogP contribution in [-0.4, -0.2) is 41.8 Å². The molecule has 7 rings (SSSR count). The van der Waals surface area contributed by atoms with E-state index in [4.69, 9.17) is 16.6 Å². The van der Waals surface area contributed by atoms with E-state index >= 15 is 0 Å². The first kappa shape index (κ1) is 24.7. The summed E-state index contributed by atoms with van der Waals surface area (Å²) in [7, 11) is 0. The molecule has 13 heteroatoms. The Morgan fingerprint density at radius 2 is 1.98 bits per heavy atom. The third-order valence-corrected chi connectivity index (χ3v) is 7.78. The van der Waals surface area contributed by atoms with Gasteiger partial charge in [0.15, 0.2) is 0 Å². The molecule has 0 spiro atoms. The predicted octanol–water partition coefficient (Wildman–Crippen LogP) is 5.29. The van der Waals surface area contributed by atoms with Gasteiger partial charge in [-0.3, -0.25) is 14.4 Å². The summed E-state index contributed by atoms with van der Waals surface area (Å²) in [6.45, 7) is 1.56. The van der Waals surface area contributed by atoms with Gasteiger partial charge in [-0.2, -0.15) is 4.68 Å². The van der Waals surface area contributed by atoms with Gasteiger partial charge in [0, 0.05) is 40.9 Å². The molecule has 2 aromatic carbocycles. The molecule has 0 radical (unpaired) electrons. The minimum atomic E-state index is -4.78. The first-order valence-corrected chi connectivity index (χ1v) is 12.8. The molecule has 2 aliphatic heterocycles. The third-order valence-electron chi connectivity index (χ3n) is 7.55. The van der Waals surface area contributed by atoms with Crippen LogP contribution in [-0.2, 0) is 0 Å². The second-order valence-corrected chi connectivity index (χ2v) is 10.5. The molecule has 4 aromatic rings. The summed E-state index contributed by atoms with van der Waals surface area (Å²) in [5.41, 5.74) is 4.03. The zero-order valence-corrected chi connectivity index (χ0v) is 21.6. The highest BCUT2D eigenvalue weighted by Gasteiger charge is 2.55. The molecule has 1 aliphatic carbocycles. The molecule has 3 unspecified atom stereocenters. The number of alkyl halides is 3. The van der Waals surface area contributed by atoms with Crippen LogP contribution in [0.3, 0.4) is 0 Å². The Kier molecular flexibility index (Phi) is 5.46. The van der Waals surface area contributed by atoms with E-state index in [1.54, 1.807) is 48.0 Å². The fraction of sp³-hybridized carbons (Fsp3) is 0.259. The van der Waals surface area contributed by atoms with Crippen molar-refractivity contribution in [2.45, 2.75) is 38.1 Å². The van der Waals surface area contributed by atoms with Crippen LogP contribution >= 0.6 is 11.6 Å². The summed E-state index contributed by atoms with van der Waals surface area (Å²) in [6.07, 6.45) is -0.389. The number of fused-ring (bicyclic) bond motifs is 3. The lowest BCUT2D eigenvalue weighted by molar-refractivity contribution is -0.274. The van der Waals surface area contributed by atoms with Gasteiger partial charge in [-0.05, 0) is 70.7 Å². The van der Waals surface area contributed by atoms with Gasteiger partial charge in [0.2, 0.25) is 0 Å². The van der Waals surface area contributed by atoms with Crippen molar-refractivity contribution in [2.24, 2.45) is 10.9 Å². The topological polar surface area (TPSA) is 100 Å². The number of aromatic nitrogens is 6. The van der Waals surface area contributed by atoms with Gasteiger partial charge in [0.1, 0.15) is 17.9 Å². The number of tetrazole rings is 1. The molecule has 9 nitrogen and oxygen atoms in total. The van der Waals surface area contributed by atoms with Gasteiger partial charge in [-0.1, -0.05) is 23.7 Å². The third kappa shape index (κ3) is 4.19. The molecule has 202 valence electrons. The SMILES string of the molecule is Cc1ccc(C2=CN=C(C3C4CC4c4nc(-c5cc(Cl)ccc5-n5cnnn5)cc(=O)n43)C2)cc1OC(F)(F)F. The zero-order valence-electron chi connectivity index (χ0n) is 20.8. The number of benzene rings is 2. The smallest absolute Gasteiger partial charge is 0.405 e. The second-order valence-electron chi connectivity index (χ2n) is 10.1. The Labute approximate surface area is 229 Å². The number of ether oxygens (including phenoxy) is 1.